The van der Waals surface area contributed by atoms with Crippen molar-refractivity contribution in [3.05, 3.63) is 0 Å². The van der Waals surface area contributed by atoms with Gasteiger partial charge in [-0.15, -0.1) is 0 Å². The number of likely N-dealkylation sites (N-methyl/N-ethyl adjacent to an activating group) is 1. The fourth-order valence-electron chi connectivity index (χ4n) is 4.32. The molecule has 2 aliphatic carbocycles. The van der Waals surface area contributed by atoms with Crippen LogP contribution in [-0.4, -0.2) is 37.0 Å². The van der Waals surface area contributed by atoms with Gasteiger partial charge in [0.05, 0.1) is 12.7 Å². The topological polar surface area (TPSA) is 41.5 Å². The van der Waals surface area contributed by atoms with Crippen LogP contribution >= 0.6 is 0 Å². The number of hydrogen-bond acceptors (Lipinski definition) is 3. The van der Waals surface area contributed by atoms with Crippen molar-refractivity contribution in [3.8, 4) is 0 Å². The Hall–Kier alpha value is -0.120. The molecule has 0 amide bonds. The van der Waals surface area contributed by atoms with Gasteiger partial charge in [0, 0.05) is 12.1 Å². The highest BCUT2D eigenvalue weighted by molar-refractivity contribution is 4.97. The standard InChI is InChI=1S/C17H33NO2/c1-3-14-6-4-8-16(12-14)20-11-9-15-7-5-10-17(15,13-19)18-2/h14-16,18-19H,3-13H2,1-2H3. The average Bonchev–Trinajstić information content (AvgIpc) is 2.91. The monoisotopic (exact) mass is 283 g/mol. The molecule has 0 aliphatic heterocycles. The summed E-state index contributed by atoms with van der Waals surface area (Å²) in [6, 6.07) is 0. The van der Waals surface area contributed by atoms with Crippen LogP contribution < -0.4 is 5.32 Å². The van der Waals surface area contributed by atoms with Crippen molar-refractivity contribution in [2.45, 2.75) is 76.4 Å². The van der Waals surface area contributed by atoms with E-state index in [0.717, 1.165) is 25.4 Å². The first-order valence-electron chi connectivity index (χ1n) is 8.65. The molecule has 20 heavy (non-hydrogen) atoms. The van der Waals surface area contributed by atoms with Gasteiger partial charge in [0.15, 0.2) is 0 Å². The summed E-state index contributed by atoms with van der Waals surface area (Å²) < 4.78 is 6.15. The molecule has 2 fully saturated rings. The fraction of sp³-hybridized carbons (Fsp3) is 1.00. The predicted molar refractivity (Wildman–Crippen MR) is 82.8 cm³/mol. The SMILES string of the molecule is CCC1CCCC(OCCC2CCCC2(CO)NC)C1. The zero-order valence-electron chi connectivity index (χ0n) is 13.4. The Kier molecular flexibility index (Phi) is 6.31. The highest BCUT2D eigenvalue weighted by Crippen LogP contribution is 2.37. The molecule has 0 aromatic heterocycles. The first-order chi connectivity index (χ1) is 9.74. The van der Waals surface area contributed by atoms with E-state index < -0.39 is 0 Å². The lowest BCUT2D eigenvalue weighted by molar-refractivity contribution is -0.000427. The van der Waals surface area contributed by atoms with Crippen molar-refractivity contribution in [2.24, 2.45) is 11.8 Å². The molecule has 0 saturated heterocycles. The maximum atomic E-state index is 9.70. The van der Waals surface area contributed by atoms with Crippen LogP contribution in [0.5, 0.6) is 0 Å². The molecule has 2 rings (SSSR count). The highest BCUT2D eigenvalue weighted by atomic mass is 16.5. The molecule has 0 aromatic rings. The molecular weight excluding hydrogens is 250 g/mol. The minimum Gasteiger partial charge on any atom is -0.394 e. The van der Waals surface area contributed by atoms with Gasteiger partial charge in [0.25, 0.3) is 0 Å². The number of rotatable bonds is 7. The first-order valence-corrected chi connectivity index (χ1v) is 8.65. The zero-order valence-corrected chi connectivity index (χ0v) is 13.4. The highest BCUT2D eigenvalue weighted by Gasteiger charge is 2.40. The van der Waals surface area contributed by atoms with Gasteiger partial charge in [-0.3, -0.25) is 0 Å². The normalized spacial score (nSPS) is 38.2. The second-order valence-electron chi connectivity index (χ2n) is 6.88. The Morgan fingerprint density at radius 1 is 1.25 bits per heavy atom. The molecule has 2 aliphatic rings. The van der Waals surface area contributed by atoms with Gasteiger partial charge in [-0.25, -0.2) is 0 Å². The van der Waals surface area contributed by atoms with E-state index in [-0.39, 0.29) is 12.1 Å². The van der Waals surface area contributed by atoms with Gasteiger partial charge < -0.3 is 15.2 Å². The van der Waals surface area contributed by atoms with Crippen molar-refractivity contribution in [1.29, 1.82) is 0 Å². The molecule has 0 radical (unpaired) electrons. The molecule has 2 N–H and O–H groups in total. The molecule has 0 heterocycles. The van der Waals surface area contributed by atoms with E-state index in [0.29, 0.717) is 12.0 Å². The Labute approximate surface area is 124 Å². The number of hydrogen-bond donors (Lipinski definition) is 2. The summed E-state index contributed by atoms with van der Waals surface area (Å²) in [6.45, 7) is 3.43. The van der Waals surface area contributed by atoms with Crippen LogP contribution in [0, 0.1) is 11.8 Å². The molecule has 2 saturated carbocycles. The Bertz CT molecular complexity index is 278. The molecule has 0 bridgehead atoms. The third kappa shape index (κ3) is 3.75. The summed E-state index contributed by atoms with van der Waals surface area (Å²) in [5, 5.41) is 13.1. The summed E-state index contributed by atoms with van der Waals surface area (Å²) in [6.07, 6.45) is 11.7. The number of aliphatic hydroxyl groups is 1. The Morgan fingerprint density at radius 2 is 2.10 bits per heavy atom. The van der Waals surface area contributed by atoms with E-state index >= 15 is 0 Å². The lowest BCUT2D eigenvalue weighted by atomic mass is 9.85. The molecule has 3 nitrogen and oxygen atoms in total. The predicted octanol–water partition coefficient (Wildman–Crippen LogP) is 3.11. The molecular formula is C17H33NO2. The van der Waals surface area contributed by atoms with E-state index in [4.69, 9.17) is 4.74 Å². The second kappa shape index (κ2) is 7.77. The van der Waals surface area contributed by atoms with Crippen LogP contribution in [0.4, 0.5) is 0 Å². The van der Waals surface area contributed by atoms with E-state index in [1.54, 1.807) is 0 Å². The van der Waals surface area contributed by atoms with E-state index in [9.17, 15) is 5.11 Å². The van der Waals surface area contributed by atoms with Crippen LogP contribution in [0.1, 0.15) is 64.7 Å². The van der Waals surface area contributed by atoms with Gasteiger partial charge in [-0.05, 0) is 51.0 Å². The largest absolute Gasteiger partial charge is 0.394 e. The van der Waals surface area contributed by atoms with Gasteiger partial charge in [0.1, 0.15) is 0 Å². The smallest absolute Gasteiger partial charge is 0.0615 e. The number of ether oxygens (including phenoxy) is 1. The van der Waals surface area contributed by atoms with E-state index in [1.807, 2.05) is 7.05 Å². The van der Waals surface area contributed by atoms with Crippen molar-refractivity contribution < 1.29 is 9.84 Å². The van der Waals surface area contributed by atoms with Crippen LogP contribution in [0.25, 0.3) is 0 Å². The third-order valence-corrected chi connectivity index (χ3v) is 5.87. The lowest BCUT2D eigenvalue weighted by Crippen LogP contribution is -2.49. The summed E-state index contributed by atoms with van der Waals surface area (Å²) in [7, 11) is 1.99. The van der Waals surface area contributed by atoms with Crippen molar-refractivity contribution >= 4 is 0 Å². The minimum absolute atomic E-state index is 0.0398. The quantitative estimate of drug-likeness (QED) is 0.754. The van der Waals surface area contributed by atoms with Crippen LogP contribution in [0.3, 0.4) is 0 Å². The van der Waals surface area contributed by atoms with Crippen molar-refractivity contribution in [2.75, 3.05) is 20.3 Å². The minimum atomic E-state index is -0.0398. The van der Waals surface area contributed by atoms with Gasteiger partial charge in [0.2, 0.25) is 0 Å². The van der Waals surface area contributed by atoms with E-state index in [1.165, 1.54) is 44.9 Å². The molecule has 4 atom stereocenters. The summed E-state index contributed by atoms with van der Waals surface area (Å²) in [5.41, 5.74) is -0.0398. The number of nitrogens with one attached hydrogen (secondary N) is 1. The van der Waals surface area contributed by atoms with Crippen LogP contribution in [0.2, 0.25) is 0 Å². The van der Waals surface area contributed by atoms with E-state index in [2.05, 4.69) is 12.2 Å². The van der Waals surface area contributed by atoms with Crippen molar-refractivity contribution in [3.63, 3.8) is 0 Å². The Balaban J connectivity index is 1.72. The van der Waals surface area contributed by atoms with Crippen molar-refractivity contribution in [1.82, 2.24) is 5.32 Å². The summed E-state index contributed by atoms with van der Waals surface area (Å²) in [5.74, 6) is 1.46. The number of aliphatic hydroxyl groups excluding tert-OH is 1. The Morgan fingerprint density at radius 3 is 2.80 bits per heavy atom. The third-order valence-electron chi connectivity index (χ3n) is 5.87. The van der Waals surface area contributed by atoms with Gasteiger partial charge in [-0.2, -0.15) is 0 Å². The molecule has 4 unspecified atom stereocenters. The first kappa shape index (κ1) is 16.3. The average molecular weight is 283 g/mol. The maximum absolute atomic E-state index is 9.70. The lowest BCUT2D eigenvalue weighted by Gasteiger charge is -2.34. The van der Waals surface area contributed by atoms with Crippen LogP contribution in [0.15, 0.2) is 0 Å². The zero-order chi connectivity index (χ0) is 14.4. The summed E-state index contributed by atoms with van der Waals surface area (Å²) >= 11 is 0. The van der Waals surface area contributed by atoms with Crippen LogP contribution in [-0.2, 0) is 4.74 Å². The van der Waals surface area contributed by atoms with Gasteiger partial charge >= 0.3 is 0 Å². The second-order valence-corrected chi connectivity index (χ2v) is 6.88. The van der Waals surface area contributed by atoms with Gasteiger partial charge in [-0.1, -0.05) is 32.6 Å². The fourth-order valence-corrected chi connectivity index (χ4v) is 4.32. The summed E-state index contributed by atoms with van der Waals surface area (Å²) in [4.78, 5) is 0. The molecule has 3 heteroatoms. The maximum Gasteiger partial charge on any atom is 0.0615 e. The molecule has 0 spiro atoms. The molecule has 118 valence electrons. The molecule has 0 aromatic carbocycles.